The van der Waals surface area contributed by atoms with Crippen LogP contribution in [0.25, 0.3) is 0 Å². The van der Waals surface area contributed by atoms with Crippen LogP contribution < -0.4 is 14.5 Å². The lowest BCUT2D eigenvalue weighted by Crippen LogP contribution is -2.49. The van der Waals surface area contributed by atoms with Crippen molar-refractivity contribution in [1.82, 2.24) is 9.88 Å². The van der Waals surface area contributed by atoms with Gasteiger partial charge in [0, 0.05) is 57.1 Å². The zero-order valence-corrected chi connectivity index (χ0v) is 18.6. The van der Waals surface area contributed by atoms with E-state index in [4.69, 9.17) is 4.74 Å². The van der Waals surface area contributed by atoms with Gasteiger partial charge in [-0.3, -0.25) is 14.6 Å². The van der Waals surface area contributed by atoms with Crippen molar-refractivity contribution in [3.05, 3.63) is 48.7 Å². The highest BCUT2D eigenvalue weighted by atomic mass is 16.5. The molecule has 1 saturated carbocycles. The van der Waals surface area contributed by atoms with Gasteiger partial charge < -0.3 is 9.64 Å². The van der Waals surface area contributed by atoms with E-state index in [1.807, 2.05) is 35.2 Å². The van der Waals surface area contributed by atoms with Crippen LogP contribution in [0.15, 0.2) is 48.7 Å². The summed E-state index contributed by atoms with van der Waals surface area (Å²) in [6.07, 6.45) is 7.40. The molecular formula is C25H34N4O2. The van der Waals surface area contributed by atoms with Gasteiger partial charge in [0.25, 0.3) is 0 Å². The second kappa shape index (κ2) is 10.6. The monoisotopic (exact) mass is 422 g/mol. The van der Waals surface area contributed by atoms with Gasteiger partial charge in [-0.15, -0.1) is 0 Å². The van der Waals surface area contributed by atoms with Gasteiger partial charge in [-0.2, -0.15) is 0 Å². The summed E-state index contributed by atoms with van der Waals surface area (Å²) >= 11 is 0. The summed E-state index contributed by atoms with van der Waals surface area (Å²) in [6, 6.07) is 14.1. The van der Waals surface area contributed by atoms with E-state index in [0.29, 0.717) is 6.54 Å². The molecule has 2 aromatic rings. The molecule has 6 nitrogen and oxygen atoms in total. The third-order valence-electron chi connectivity index (χ3n) is 6.60. The second-order valence-electron chi connectivity index (χ2n) is 8.54. The van der Waals surface area contributed by atoms with Crippen LogP contribution in [0.5, 0.6) is 5.75 Å². The number of carbonyl (C=O) groups excluding carboxylic acids is 1. The molecule has 6 heteroatoms. The number of hydrogen-bond acceptors (Lipinski definition) is 5. The van der Waals surface area contributed by atoms with Gasteiger partial charge in [0.15, 0.2) is 0 Å². The number of amides is 1. The Hall–Kier alpha value is -2.60. The first-order valence-corrected chi connectivity index (χ1v) is 11.6. The van der Waals surface area contributed by atoms with Gasteiger partial charge in [0.05, 0.1) is 7.11 Å². The molecule has 4 rings (SSSR count). The number of anilines is 2. The zero-order chi connectivity index (χ0) is 21.5. The number of piperazine rings is 1. The SMILES string of the molecule is COc1ccc(N2CCN(CCN(C(=O)C3CCCCC3)c3ccccn3)CC2)cc1. The van der Waals surface area contributed by atoms with Crippen LogP contribution in [0.4, 0.5) is 11.5 Å². The average Bonchev–Trinajstić information content (AvgIpc) is 2.86. The highest BCUT2D eigenvalue weighted by Gasteiger charge is 2.28. The van der Waals surface area contributed by atoms with Crippen molar-refractivity contribution in [1.29, 1.82) is 0 Å². The molecule has 0 spiro atoms. The molecule has 0 N–H and O–H groups in total. The third-order valence-corrected chi connectivity index (χ3v) is 6.60. The largest absolute Gasteiger partial charge is 0.497 e. The molecule has 0 radical (unpaired) electrons. The van der Waals surface area contributed by atoms with Crippen molar-refractivity contribution in [3.8, 4) is 5.75 Å². The van der Waals surface area contributed by atoms with E-state index >= 15 is 0 Å². The first-order valence-electron chi connectivity index (χ1n) is 11.6. The Morgan fingerprint density at radius 1 is 1.03 bits per heavy atom. The minimum absolute atomic E-state index is 0.155. The Morgan fingerprint density at radius 3 is 2.42 bits per heavy atom. The molecule has 1 aromatic heterocycles. The summed E-state index contributed by atoms with van der Waals surface area (Å²) < 4.78 is 5.26. The fourth-order valence-corrected chi connectivity index (χ4v) is 4.69. The molecule has 1 saturated heterocycles. The van der Waals surface area contributed by atoms with Crippen LogP contribution in [0, 0.1) is 5.92 Å². The molecule has 2 heterocycles. The van der Waals surface area contributed by atoms with E-state index in [9.17, 15) is 4.79 Å². The van der Waals surface area contributed by atoms with Crippen molar-refractivity contribution in [2.75, 3.05) is 56.2 Å². The lowest BCUT2D eigenvalue weighted by Gasteiger charge is -2.37. The molecule has 0 unspecified atom stereocenters. The minimum atomic E-state index is 0.155. The fourth-order valence-electron chi connectivity index (χ4n) is 4.69. The predicted octanol–water partition coefficient (Wildman–Crippen LogP) is 3.83. The van der Waals surface area contributed by atoms with Crippen LogP contribution in [0.1, 0.15) is 32.1 Å². The summed E-state index contributed by atoms with van der Waals surface area (Å²) in [6.45, 7) is 5.57. The van der Waals surface area contributed by atoms with Crippen molar-refractivity contribution in [2.24, 2.45) is 5.92 Å². The van der Waals surface area contributed by atoms with Crippen LogP contribution >= 0.6 is 0 Å². The summed E-state index contributed by atoms with van der Waals surface area (Å²) in [5.74, 6) is 2.09. The van der Waals surface area contributed by atoms with Crippen molar-refractivity contribution in [2.45, 2.75) is 32.1 Å². The smallest absolute Gasteiger partial charge is 0.231 e. The number of methoxy groups -OCH3 is 1. The lowest BCUT2D eigenvalue weighted by atomic mass is 9.88. The number of aromatic nitrogens is 1. The van der Waals surface area contributed by atoms with Gasteiger partial charge in [0.1, 0.15) is 11.6 Å². The quantitative estimate of drug-likeness (QED) is 0.679. The van der Waals surface area contributed by atoms with E-state index in [1.165, 1.54) is 24.9 Å². The highest BCUT2D eigenvalue weighted by molar-refractivity contribution is 5.94. The third kappa shape index (κ3) is 5.56. The Kier molecular flexibility index (Phi) is 7.41. The Labute approximate surface area is 185 Å². The molecule has 1 aliphatic heterocycles. The molecule has 2 aliphatic rings. The number of ether oxygens (including phenoxy) is 1. The number of pyridine rings is 1. The molecular weight excluding hydrogens is 388 g/mol. The normalized spacial score (nSPS) is 18.0. The van der Waals surface area contributed by atoms with Crippen molar-refractivity contribution >= 4 is 17.4 Å². The summed E-state index contributed by atoms with van der Waals surface area (Å²) in [5, 5.41) is 0. The summed E-state index contributed by atoms with van der Waals surface area (Å²) in [5.41, 5.74) is 1.24. The van der Waals surface area contributed by atoms with Gasteiger partial charge in [-0.25, -0.2) is 4.98 Å². The highest BCUT2D eigenvalue weighted by Crippen LogP contribution is 2.27. The van der Waals surface area contributed by atoms with E-state index in [2.05, 4.69) is 26.9 Å². The molecule has 31 heavy (non-hydrogen) atoms. The van der Waals surface area contributed by atoms with Crippen molar-refractivity contribution < 1.29 is 9.53 Å². The summed E-state index contributed by atoms with van der Waals surface area (Å²) in [7, 11) is 1.70. The Balaban J connectivity index is 1.33. The summed E-state index contributed by atoms with van der Waals surface area (Å²) in [4.78, 5) is 24.6. The maximum absolute atomic E-state index is 13.3. The number of benzene rings is 1. The maximum Gasteiger partial charge on any atom is 0.231 e. The van der Waals surface area contributed by atoms with E-state index < -0.39 is 0 Å². The van der Waals surface area contributed by atoms with Crippen LogP contribution in [-0.2, 0) is 4.79 Å². The van der Waals surface area contributed by atoms with Gasteiger partial charge in [-0.05, 0) is 49.2 Å². The molecule has 2 fully saturated rings. The van der Waals surface area contributed by atoms with Crippen molar-refractivity contribution in [3.63, 3.8) is 0 Å². The van der Waals surface area contributed by atoms with E-state index in [0.717, 1.165) is 57.1 Å². The lowest BCUT2D eigenvalue weighted by molar-refractivity contribution is -0.123. The number of nitrogens with zero attached hydrogens (tertiary/aromatic N) is 4. The first kappa shape index (κ1) is 21.6. The minimum Gasteiger partial charge on any atom is -0.497 e. The van der Waals surface area contributed by atoms with Crippen LogP contribution in [0.3, 0.4) is 0 Å². The standard InChI is InChI=1S/C25H34N4O2/c1-31-23-12-10-22(11-13-23)28-18-15-27(16-19-28)17-20-29(24-9-5-6-14-26-24)25(30)21-7-3-2-4-8-21/h5-6,9-14,21H,2-4,7-8,15-20H2,1H3. The molecule has 0 bridgehead atoms. The average molecular weight is 423 g/mol. The number of carbonyl (C=O) groups is 1. The Morgan fingerprint density at radius 2 is 1.77 bits per heavy atom. The predicted molar refractivity (Wildman–Crippen MR) is 125 cm³/mol. The van der Waals surface area contributed by atoms with Gasteiger partial charge >= 0.3 is 0 Å². The van der Waals surface area contributed by atoms with Gasteiger partial charge in [-0.1, -0.05) is 25.3 Å². The Bertz CT molecular complexity index is 813. The van der Waals surface area contributed by atoms with Crippen LogP contribution in [-0.4, -0.2) is 62.2 Å². The topological polar surface area (TPSA) is 48.9 Å². The molecule has 166 valence electrons. The van der Waals surface area contributed by atoms with E-state index in [-0.39, 0.29) is 11.8 Å². The fraction of sp³-hybridized carbons (Fsp3) is 0.520. The number of hydrogen-bond donors (Lipinski definition) is 0. The second-order valence-corrected chi connectivity index (χ2v) is 8.54. The van der Waals surface area contributed by atoms with E-state index in [1.54, 1.807) is 13.3 Å². The van der Waals surface area contributed by atoms with Crippen LogP contribution in [0.2, 0.25) is 0 Å². The zero-order valence-electron chi connectivity index (χ0n) is 18.6. The first-order chi connectivity index (χ1) is 15.2. The molecule has 1 amide bonds. The number of rotatable bonds is 7. The molecule has 1 aliphatic carbocycles. The maximum atomic E-state index is 13.3. The van der Waals surface area contributed by atoms with Gasteiger partial charge in [0.2, 0.25) is 5.91 Å². The molecule has 0 atom stereocenters. The molecule has 1 aromatic carbocycles.